The largest absolute Gasteiger partial charge is 0.459 e. The van der Waals surface area contributed by atoms with Crippen LogP contribution in [-0.4, -0.2) is 35.8 Å². The highest BCUT2D eigenvalue weighted by Gasteiger charge is 2.25. The number of nitrogens with one attached hydrogen (secondary N) is 1. The molecular weight excluding hydrogens is 360 g/mol. The van der Waals surface area contributed by atoms with E-state index < -0.39 is 0 Å². The molecule has 2 aromatic rings. The Labute approximate surface area is 142 Å². The summed E-state index contributed by atoms with van der Waals surface area (Å²) in [5, 5.41) is 2.95. The predicted octanol–water partition coefficient (Wildman–Crippen LogP) is 3.08. The van der Waals surface area contributed by atoms with Gasteiger partial charge < -0.3 is 14.6 Å². The second-order valence-corrected chi connectivity index (χ2v) is 6.44. The van der Waals surface area contributed by atoms with Crippen molar-refractivity contribution in [2.24, 2.45) is 0 Å². The van der Waals surface area contributed by atoms with Gasteiger partial charge in [-0.2, -0.15) is 0 Å². The van der Waals surface area contributed by atoms with Crippen molar-refractivity contribution in [3.8, 4) is 0 Å². The summed E-state index contributed by atoms with van der Waals surface area (Å²) in [6, 6.07) is 10.8. The van der Waals surface area contributed by atoms with Crippen molar-refractivity contribution in [2.75, 3.05) is 13.1 Å². The smallest absolute Gasteiger partial charge is 0.287 e. The van der Waals surface area contributed by atoms with Crippen LogP contribution in [0.1, 0.15) is 33.8 Å². The minimum atomic E-state index is -0.202. The second-order valence-electron chi connectivity index (χ2n) is 5.53. The first kappa shape index (κ1) is 15.8. The minimum Gasteiger partial charge on any atom is -0.459 e. The molecule has 1 aromatic carbocycles. The SMILES string of the molecule is O=C(NC1CCN(C(=O)c2cccc(Br)c2)CC1)c1ccco1. The van der Waals surface area contributed by atoms with Crippen LogP contribution in [0.2, 0.25) is 0 Å². The maximum Gasteiger partial charge on any atom is 0.287 e. The molecule has 1 aliphatic rings. The highest BCUT2D eigenvalue weighted by atomic mass is 79.9. The van der Waals surface area contributed by atoms with Crippen molar-refractivity contribution in [3.05, 3.63) is 58.5 Å². The Hall–Kier alpha value is -2.08. The number of benzene rings is 1. The van der Waals surface area contributed by atoms with E-state index in [1.807, 2.05) is 29.2 Å². The Kier molecular flexibility index (Phi) is 4.81. The van der Waals surface area contributed by atoms with Crippen molar-refractivity contribution >= 4 is 27.7 Å². The lowest BCUT2D eigenvalue weighted by Gasteiger charge is -2.32. The molecule has 2 heterocycles. The lowest BCUT2D eigenvalue weighted by Crippen LogP contribution is -2.46. The van der Waals surface area contributed by atoms with Crippen LogP contribution < -0.4 is 5.32 Å². The number of carbonyl (C=O) groups excluding carboxylic acids is 2. The summed E-state index contributed by atoms with van der Waals surface area (Å²) in [5.74, 6) is 0.145. The number of amides is 2. The fraction of sp³-hybridized carbons (Fsp3) is 0.294. The molecule has 120 valence electrons. The van der Waals surface area contributed by atoms with Gasteiger partial charge in [0.05, 0.1) is 6.26 Å². The summed E-state index contributed by atoms with van der Waals surface area (Å²) < 4.78 is 5.98. The Bertz CT molecular complexity index is 692. The molecule has 0 spiro atoms. The monoisotopic (exact) mass is 376 g/mol. The lowest BCUT2D eigenvalue weighted by atomic mass is 10.0. The van der Waals surface area contributed by atoms with Crippen LogP contribution in [0.15, 0.2) is 51.6 Å². The molecule has 0 saturated carbocycles. The maximum atomic E-state index is 12.5. The van der Waals surface area contributed by atoms with Crippen LogP contribution >= 0.6 is 15.9 Å². The third-order valence-corrected chi connectivity index (χ3v) is 4.43. The average molecular weight is 377 g/mol. The Morgan fingerprint density at radius 1 is 1.17 bits per heavy atom. The van der Waals surface area contributed by atoms with Gasteiger partial charge in [0, 0.05) is 29.2 Å². The zero-order chi connectivity index (χ0) is 16.2. The molecule has 1 N–H and O–H groups in total. The predicted molar refractivity (Wildman–Crippen MR) is 89.2 cm³/mol. The molecule has 1 saturated heterocycles. The van der Waals surface area contributed by atoms with E-state index in [0.717, 1.165) is 17.3 Å². The molecule has 6 heteroatoms. The number of carbonyl (C=O) groups is 2. The fourth-order valence-corrected chi connectivity index (χ4v) is 3.09. The molecule has 3 rings (SSSR count). The van der Waals surface area contributed by atoms with E-state index in [4.69, 9.17) is 4.42 Å². The summed E-state index contributed by atoms with van der Waals surface area (Å²) >= 11 is 3.38. The molecule has 1 aliphatic heterocycles. The number of hydrogen-bond acceptors (Lipinski definition) is 3. The van der Waals surface area contributed by atoms with E-state index in [1.165, 1.54) is 6.26 Å². The Morgan fingerprint density at radius 2 is 1.96 bits per heavy atom. The summed E-state index contributed by atoms with van der Waals surface area (Å²) in [7, 11) is 0. The first-order chi connectivity index (χ1) is 11.1. The summed E-state index contributed by atoms with van der Waals surface area (Å²) in [5.41, 5.74) is 0.678. The van der Waals surface area contributed by atoms with E-state index in [9.17, 15) is 9.59 Å². The van der Waals surface area contributed by atoms with Crippen molar-refractivity contribution in [3.63, 3.8) is 0 Å². The molecule has 0 unspecified atom stereocenters. The quantitative estimate of drug-likeness (QED) is 0.894. The van der Waals surface area contributed by atoms with E-state index in [-0.39, 0.29) is 17.9 Å². The average Bonchev–Trinajstić information content (AvgIpc) is 3.09. The number of nitrogens with zero attached hydrogens (tertiary/aromatic N) is 1. The molecule has 0 radical (unpaired) electrons. The number of likely N-dealkylation sites (tertiary alicyclic amines) is 1. The van der Waals surface area contributed by atoms with E-state index in [1.54, 1.807) is 12.1 Å². The van der Waals surface area contributed by atoms with Gasteiger partial charge in [0.25, 0.3) is 11.8 Å². The normalized spacial score (nSPS) is 15.4. The van der Waals surface area contributed by atoms with Gasteiger partial charge in [-0.25, -0.2) is 0 Å². The zero-order valence-electron chi connectivity index (χ0n) is 12.5. The van der Waals surface area contributed by atoms with Gasteiger partial charge in [-0.1, -0.05) is 22.0 Å². The van der Waals surface area contributed by atoms with E-state index in [2.05, 4.69) is 21.2 Å². The molecule has 1 aromatic heterocycles. The third kappa shape index (κ3) is 3.82. The van der Waals surface area contributed by atoms with Gasteiger partial charge in [-0.3, -0.25) is 9.59 Å². The van der Waals surface area contributed by atoms with E-state index in [0.29, 0.717) is 24.4 Å². The van der Waals surface area contributed by atoms with Crippen LogP contribution in [0, 0.1) is 0 Å². The third-order valence-electron chi connectivity index (χ3n) is 3.93. The number of furan rings is 1. The van der Waals surface area contributed by atoms with Crippen molar-refractivity contribution < 1.29 is 14.0 Å². The highest BCUT2D eigenvalue weighted by molar-refractivity contribution is 9.10. The van der Waals surface area contributed by atoms with Crippen LogP contribution in [0.3, 0.4) is 0 Å². The zero-order valence-corrected chi connectivity index (χ0v) is 14.1. The van der Waals surface area contributed by atoms with Crippen LogP contribution in [-0.2, 0) is 0 Å². The molecule has 2 amide bonds. The van der Waals surface area contributed by atoms with Crippen molar-refractivity contribution in [2.45, 2.75) is 18.9 Å². The van der Waals surface area contributed by atoms with Crippen LogP contribution in [0.5, 0.6) is 0 Å². The van der Waals surface area contributed by atoms with Crippen LogP contribution in [0.4, 0.5) is 0 Å². The number of piperidine rings is 1. The van der Waals surface area contributed by atoms with Crippen LogP contribution in [0.25, 0.3) is 0 Å². The van der Waals surface area contributed by atoms with Gasteiger partial charge >= 0.3 is 0 Å². The summed E-state index contributed by atoms with van der Waals surface area (Å²) in [6.07, 6.45) is 2.96. The highest BCUT2D eigenvalue weighted by Crippen LogP contribution is 2.17. The summed E-state index contributed by atoms with van der Waals surface area (Å²) in [6.45, 7) is 1.27. The molecule has 0 bridgehead atoms. The first-order valence-corrected chi connectivity index (χ1v) is 8.32. The van der Waals surface area contributed by atoms with Crippen molar-refractivity contribution in [1.82, 2.24) is 10.2 Å². The molecule has 1 fully saturated rings. The molecule has 0 aliphatic carbocycles. The maximum absolute atomic E-state index is 12.5. The van der Waals surface area contributed by atoms with Crippen molar-refractivity contribution in [1.29, 1.82) is 0 Å². The molecule has 5 nitrogen and oxygen atoms in total. The van der Waals surface area contributed by atoms with Gasteiger partial charge in [0.1, 0.15) is 0 Å². The number of hydrogen-bond donors (Lipinski definition) is 1. The number of rotatable bonds is 3. The van der Waals surface area contributed by atoms with Gasteiger partial charge in [0.15, 0.2) is 5.76 Å². The standard InChI is InChI=1S/C17H17BrN2O3/c18-13-4-1-3-12(11-13)17(22)20-8-6-14(7-9-20)19-16(21)15-5-2-10-23-15/h1-5,10-11,14H,6-9H2,(H,19,21). The summed E-state index contributed by atoms with van der Waals surface area (Å²) in [4.78, 5) is 26.3. The Morgan fingerprint density at radius 3 is 2.61 bits per heavy atom. The fourth-order valence-electron chi connectivity index (χ4n) is 2.70. The number of halogens is 1. The molecule has 0 atom stereocenters. The first-order valence-electron chi connectivity index (χ1n) is 7.52. The second kappa shape index (κ2) is 7.00. The van der Waals surface area contributed by atoms with E-state index >= 15 is 0 Å². The molecule has 23 heavy (non-hydrogen) atoms. The Balaban J connectivity index is 1.54. The minimum absolute atomic E-state index is 0.0297. The topological polar surface area (TPSA) is 62.6 Å². The van der Waals surface area contributed by atoms with Gasteiger partial charge in [0.2, 0.25) is 0 Å². The lowest BCUT2D eigenvalue weighted by molar-refractivity contribution is 0.0695. The molecular formula is C17H17BrN2O3. The van der Waals surface area contributed by atoms with Gasteiger partial charge in [-0.05, 0) is 43.2 Å². The van der Waals surface area contributed by atoms with Gasteiger partial charge in [-0.15, -0.1) is 0 Å².